The first-order valence-corrected chi connectivity index (χ1v) is 6.11. The fourth-order valence-electron chi connectivity index (χ4n) is 1.57. The Bertz CT molecular complexity index is 409. The minimum atomic E-state index is -0.493. The smallest absolute Gasteiger partial charge is 0.412 e. The molecule has 18 heavy (non-hydrogen) atoms. The molecule has 1 amide bonds. The summed E-state index contributed by atoms with van der Waals surface area (Å²) in [5.41, 5.74) is 7.07. The van der Waals surface area contributed by atoms with Crippen molar-refractivity contribution in [1.29, 1.82) is 0 Å². The third-order valence-corrected chi connectivity index (χ3v) is 2.13. The molecule has 0 radical (unpaired) electrons. The maximum absolute atomic E-state index is 11.6. The van der Waals surface area contributed by atoms with Crippen molar-refractivity contribution in [2.24, 2.45) is 5.73 Å². The molecule has 100 valence electrons. The summed E-state index contributed by atoms with van der Waals surface area (Å²) in [5, 5.41) is 2.71. The van der Waals surface area contributed by atoms with Gasteiger partial charge in [0.15, 0.2) is 0 Å². The number of benzene rings is 1. The summed E-state index contributed by atoms with van der Waals surface area (Å²) < 4.78 is 5.19. The van der Waals surface area contributed by atoms with E-state index in [1.165, 1.54) is 0 Å². The van der Waals surface area contributed by atoms with Gasteiger partial charge in [0.1, 0.15) is 5.60 Å². The van der Waals surface area contributed by atoms with Crippen LogP contribution in [0, 0.1) is 0 Å². The lowest BCUT2D eigenvalue weighted by Crippen LogP contribution is -2.27. The van der Waals surface area contributed by atoms with Gasteiger partial charge in [0.25, 0.3) is 0 Å². The minimum Gasteiger partial charge on any atom is -0.444 e. The highest BCUT2D eigenvalue weighted by Crippen LogP contribution is 2.14. The zero-order valence-corrected chi connectivity index (χ0v) is 11.5. The maximum atomic E-state index is 11.6. The van der Waals surface area contributed by atoms with Crippen molar-refractivity contribution in [2.75, 3.05) is 5.32 Å². The zero-order valence-electron chi connectivity index (χ0n) is 11.5. The number of nitrogens with one attached hydrogen (secondary N) is 1. The predicted octanol–water partition coefficient (Wildman–Crippen LogP) is 2.92. The van der Waals surface area contributed by atoms with Crippen LogP contribution in [0.1, 0.15) is 33.3 Å². The van der Waals surface area contributed by atoms with Crippen molar-refractivity contribution in [1.82, 2.24) is 0 Å². The second kappa shape index (κ2) is 5.87. The van der Waals surface area contributed by atoms with Crippen LogP contribution in [-0.2, 0) is 11.2 Å². The van der Waals surface area contributed by atoms with Gasteiger partial charge in [-0.3, -0.25) is 5.32 Å². The standard InChI is InChI=1S/C14H22N2O2/c1-10(15)8-11-6-5-7-12(9-11)16-13(17)18-14(2,3)4/h5-7,9-10H,8,15H2,1-4H3,(H,16,17). The van der Waals surface area contributed by atoms with Gasteiger partial charge in [-0.05, 0) is 51.8 Å². The Morgan fingerprint density at radius 1 is 1.44 bits per heavy atom. The lowest BCUT2D eigenvalue weighted by Gasteiger charge is -2.19. The molecule has 0 aliphatic carbocycles. The SMILES string of the molecule is CC(N)Cc1cccc(NC(=O)OC(C)(C)C)c1. The Morgan fingerprint density at radius 3 is 2.67 bits per heavy atom. The van der Waals surface area contributed by atoms with E-state index in [2.05, 4.69) is 5.32 Å². The van der Waals surface area contributed by atoms with Crippen molar-refractivity contribution < 1.29 is 9.53 Å². The van der Waals surface area contributed by atoms with Crippen LogP contribution < -0.4 is 11.1 Å². The van der Waals surface area contributed by atoms with E-state index < -0.39 is 11.7 Å². The first-order chi connectivity index (χ1) is 8.26. The summed E-state index contributed by atoms with van der Waals surface area (Å²) in [6, 6.07) is 7.72. The molecular weight excluding hydrogens is 228 g/mol. The van der Waals surface area contributed by atoms with Gasteiger partial charge in [0, 0.05) is 11.7 Å². The Balaban J connectivity index is 2.65. The summed E-state index contributed by atoms with van der Waals surface area (Å²) in [4.78, 5) is 11.6. The normalized spacial score (nSPS) is 12.9. The number of hydrogen-bond acceptors (Lipinski definition) is 3. The number of carbonyl (C=O) groups is 1. The fourth-order valence-corrected chi connectivity index (χ4v) is 1.57. The van der Waals surface area contributed by atoms with Gasteiger partial charge in [-0.25, -0.2) is 4.79 Å². The molecule has 1 aromatic carbocycles. The summed E-state index contributed by atoms with van der Waals surface area (Å²) in [6.07, 6.45) is 0.338. The summed E-state index contributed by atoms with van der Waals surface area (Å²) in [5.74, 6) is 0. The molecule has 1 atom stereocenters. The van der Waals surface area contributed by atoms with Gasteiger partial charge >= 0.3 is 6.09 Å². The van der Waals surface area contributed by atoms with E-state index in [0.717, 1.165) is 17.7 Å². The molecule has 1 unspecified atom stereocenters. The average molecular weight is 250 g/mol. The number of rotatable bonds is 3. The monoisotopic (exact) mass is 250 g/mol. The molecule has 0 bridgehead atoms. The molecule has 4 heteroatoms. The van der Waals surface area contributed by atoms with E-state index in [-0.39, 0.29) is 6.04 Å². The molecule has 0 saturated heterocycles. The Labute approximate surface area is 109 Å². The van der Waals surface area contributed by atoms with Crippen LogP contribution in [0.2, 0.25) is 0 Å². The summed E-state index contributed by atoms with van der Waals surface area (Å²) >= 11 is 0. The zero-order chi connectivity index (χ0) is 13.8. The first-order valence-electron chi connectivity index (χ1n) is 6.11. The summed E-state index contributed by atoms with van der Waals surface area (Å²) in [7, 11) is 0. The number of nitrogens with two attached hydrogens (primary N) is 1. The van der Waals surface area contributed by atoms with E-state index in [0.29, 0.717) is 0 Å². The lowest BCUT2D eigenvalue weighted by atomic mass is 10.1. The van der Waals surface area contributed by atoms with Crippen LogP contribution in [0.25, 0.3) is 0 Å². The predicted molar refractivity (Wildman–Crippen MR) is 73.7 cm³/mol. The third kappa shape index (κ3) is 5.68. The molecule has 0 spiro atoms. The number of carbonyl (C=O) groups excluding carboxylic acids is 1. The molecule has 4 nitrogen and oxygen atoms in total. The second-order valence-electron chi connectivity index (χ2n) is 5.51. The van der Waals surface area contributed by atoms with E-state index in [1.807, 2.05) is 52.0 Å². The van der Waals surface area contributed by atoms with Gasteiger partial charge in [0.05, 0.1) is 0 Å². The first kappa shape index (κ1) is 14.5. The van der Waals surface area contributed by atoms with Crippen molar-refractivity contribution in [3.63, 3.8) is 0 Å². The van der Waals surface area contributed by atoms with Crippen LogP contribution in [0.4, 0.5) is 10.5 Å². The van der Waals surface area contributed by atoms with Gasteiger partial charge in [0.2, 0.25) is 0 Å². The van der Waals surface area contributed by atoms with E-state index in [1.54, 1.807) is 0 Å². The van der Waals surface area contributed by atoms with Crippen molar-refractivity contribution >= 4 is 11.8 Å². The Kier molecular flexibility index (Phi) is 4.73. The molecule has 0 aromatic heterocycles. The van der Waals surface area contributed by atoms with Gasteiger partial charge < -0.3 is 10.5 Å². The molecule has 0 fully saturated rings. The third-order valence-electron chi connectivity index (χ3n) is 2.13. The van der Waals surface area contributed by atoms with Crippen LogP contribution in [-0.4, -0.2) is 17.7 Å². The topological polar surface area (TPSA) is 64.3 Å². The van der Waals surface area contributed by atoms with Crippen LogP contribution in [0.5, 0.6) is 0 Å². The summed E-state index contributed by atoms with van der Waals surface area (Å²) in [6.45, 7) is 7.45. The molecule has 1 aromatic rings. The van der Waals surface area contributed by atoms with Gasteiger partial charge in [-0.2, -0.15) is 0 Å². The van der Waals surface area contributed by atoms with E-state index in [9.17, 15) is 4.79 Å². The van der Waals surface area contributed by atoms with Crippen LogP contribution in [0.15, 0.2) is 24.3 Å². The fraction of sp³-hybridized carbons (Fsp3) is 0.500. The molecular formula is C14H22N2O2. The number of anilines is 1. The average Bonchev–Trinajstić information content (AvgIpc) is 2.13. The second-order valence-corrected chi connectivity index (χ2v) is 5.51. The highest BCUT2D eigenvalue weighted by Gasteiger charge is 2.16. The largest absolute Gasteiger partial charge is 0.444 e. The van der Waals surface area contributed by atoms with E-state index in [4.69, 9.17) is 10.5 Å². The lowest BCUT2D eigenvalue weighted by molar-refractivity contribution is 0.0636. The number of amides is 1. The quantitative estimate of drug-likeness (QED) is 0.867. The van der Waals surface area contributed by atoms with Crippen LogP contribution >= 0.6 is 0 Å². The Morgan fingerprint density at radius 2 is 2.11 bits per heavy atom. The number of ether oxygens (including phenoxy) is 1. The highest BCUT2D eigenvalue weighted by molar-refractivity contribution is 5.84. The molecule has 0 aliphatic heterocycles. The van der Waals surface area contributed by atoms with Gasteiger partial charge in [-0.15, -0.1) is 0 Å². The van der Waals surface area contributed by atoms with Gasteiger partial charge in [-0.1, -0.05) is 12.1 Å². The minimum absolute atomic E-state index is 0.0989. The number of hydrogen-bond donors (Lipinski definition) is 2. The molecule has 3 N–H and O–H groups in total. The highest BCUT2D eigenvalue weighted by atomic mass is 16.6. The van der Waals surface area contributed by atoms with Crippen molar-refractivity contribution in [3.05, 3.63) is 29.8 Å². The van der Waals surface area contributed by atoms with Crippen LogP contribution in [0.3, 0.4) is 0 Å². The molecule has 0 heterocycles. The van der Waals surface area contributed by atoms with Crippen molar-refractivity contribution in [2.45, 2.75) is 45.8 Å². The molecule has 1 rings (SSSR count). The molecule has 0 saturated carbocycles. The maximum Gasteiger partial charge on any atom is 0.412 e. The van der Waals surface area contributed by atoms with E-state index >= 15 is 0 Å². The molecule has 0 aliphatic rings. The Hall–Kier alpha value is -1.55. The van der Waals surface area contributed by atoms with Crippen molar-refractivity contribution in [3.8, 4) is 0 Å².